The van der Waals surface area contributed by atoms with Gasteiger partial charge in [0.1, 0.15) is 6.61 Å². The quantitative estimate of drug-likeness (QED) is 0.0266. The maximum Gasteiger partial charge on any atom is 0.472 e. The fourth-order valence-corrected chi connectivity index (χ4v) is 7.99. The second-order valence-electron chi connectivity index (χ2n) is 16.7. The van der Waals surface area contributed by atoms with Crippen molar-refractivity contribution < 1.29 is 37.6 Å². The molecule has 344 valence electrons. The molecule has 0 rings (SSSR count). The van der Waals surface area contributed by atoms with Gasteiger partial charge in [0, 0.05) is 19.4 Å². The highest BCUT2D eigenvalue weighted by Crippen LogP contribution is 2.43. The van der Waals surface area contributed by atoms with Crippen LogP contribution in [0.4, 0.5) is 0 Å². The molecule has 0 saturated carbocycles. The lowest BCUT2D eigenvalue weighted by Crippen LogP contribution is -2.29. The zero-order valence-corrected chi connectivity index (χ0v) is 38.9. The molecule has 0 aliphatic heterocycles. The molecule has 0 fully saturated rings. The fraction of sp³-hybridized carbons (Fsp3) is 0.917. The van der Waals surface area contributed by atoms with Crippen LogP contribution in [0.3, 0.4) is 0 Å². The van der Waals surface area contributed by atoms with Gasteiger partial charge < -0.3 is 20.1 Å². The van der Waals surface area contributed by atoms with Gasteiger partial charge in [0.15, 0.2) is 6.10 Å². The molecule has 1 unspecified atom stereocenters. The number of carbonyl (C=O) groups is 2. The third kappa shape index (κ3) is 44.3. The van der Waals surface area contributed by atoms with E-state index in [0.717, 1.165) is 38.5 Å². The lowest BCUT2D eigenvalue weighted by molar-refractivity contribution is -0.161. The Hall–Kier alpha value is -1.25. The van der Waals surface area contributed by atoms with E-state index in [2.05, 4.69) is 26.0 Å². The molecule has 0 aliphatic rings. The van der Waals surface area contributed by atoms with E-state index in [0.29, 0.717) is 6.42 Å². The highest BCUT2D eigenvalue weighted by molar-refractivity contribution is 7.47. The summed E-state index contributed by atoms with van der Waals surface area (Å²) in [4.78, 5) is 35.0. The van der Waals surface area contributed by atoms with Crippen molar-refractivity contribution in [2.75, 3.05) is 26.4 Å². The van der Waals surface area contributed by atoms with Crippen LogP contribution in [0, 0.1) is 0 Å². The van der Waals surface area contributed by atoms with Gasteiger partial charge in [-0.25, -0.2) is 4.57 Å². The number of phosphoric ester groups is 1. The van der Waals surface area contributed by atoms with Crippen molar-refractivity contribution >= 4 is 19.8 Å². The first-order valence-electron chi connectivity index (χ1n) is 24.7. The number of allylic oxidation sites excluding steroid dienone is 2. The van der Waals surface area contributed by atoms with Crippen molar-refractivity contribution in [3.8, 4) is 0 Å². The van der Waals surface area contributed by atoms with Gasteiger partial charge in [-0.15, -0.1) is 0 Å². The predicted molar refractivity (Wildman–Crippen MR) is 243 cm³/mol. The standard InChI is InChI=1S/C48H94NO8P/c1-3-5-7-9-11-13-15-17-19-20-21-22-23-24-25-27-28-30-32-34-36-38-40-47(50)54-44-46(45-56-58(52,53)55-43-42-49)57-48(51)41-39-37-35-33-31-29-26-18-16-14-12-10-8-6-4-2/h31,33,46H,3-30,32,34-45,49H2,1-2H3,(H,52,53)/b33-31+/t46-/m1/s1. The average Bonchev–Trinajstić information content (AvgIpc) is 3.21. The van der Waals surface area contributed by atoms with Crippen LogP contribution in [0.5, 0.6) is 0 Å². The molecule has 0 radical (unpaired) electrons. The lowest BCUT2D eigenvalue weighted by Gasteiger charge is -2.19. The summed E-state index contributed by atoms with van der Waals surface area (Å²) in [6.07, 6.45) is 48.3. The molecule has 3 N–H and O–H groups in total. The first-order chi connectivity index (χ1) is 28.3. The lowest BCUT2D eigenvalue weighted by atomic mass is 10.0. The number of esters is 2. The van der Waals surface area contributed by atoms with E-state index >= 15 is 0 Å². The largest absolute Gasteiger partial charge is 0.472 e. The maximum atomic E-state index is 12.6. The number of nitrogens with two attached hydrogens (primary N) is 1. The van der Waals surface area contributed by atoms with Crippen molar-refractivity contribution in [1.29, 1.82) is 0 Å². The van der Waals surface area contributed by atoms with Gasteiger partial charge in [0.25, 0.3) is 0 Å². The van der Waals surface area contributed by atoms with Crippen molar-refractivity contribution in [2.24, 2.45) is 5.73 Å². The van der Waals surface area contributed by atoms with Crippen molar-refractivity contribution in [2.45, 2.75) is 258 Å². The third-order valence-electron chi connectivity index (χ3n) is 10.9. The van der Waals surface area contributed by atoms with Crippen molar-refractivity contribution in [1.82, 2.24) is 0 Å². The van der Waals surface area contributed by atoms with Crippen LogP contribution in [0.2, 0.25) is 0 Å². The number of carbonyl (C=O) groups excluding carboxylic acids is 2. The first-order valence-corrected chi connectivity index (χ1v) is 26.2. The molecule has 0 aromatic rings. The van der Waals surface area contributed by atoms with Crippen molar-refractivity contribution in [3.63, 3.8) is 0 Å². The molecule has 2 atom stereocenters. The Kier molecular flexibility index (Phi) is 44.3. The molecule has 0 amide bonds. The Morgan fingerprint density at radius 3 is 1.26 bits per heavy atom. The normalized spacial score (nSPS) is 13.2. The van der Waals surface area contributed by atoms with Crippen LogP contribution < -0.4 is 5.73 Å². The van der Waals surface area contributed by atoms with Gasteiger partial charge in [-0.3, -0.25) is 18.6 Å². The number of unbranched alkanes of at least 4 members (excludes halogenated alkanes) is 32. The summed E-state index contributed by atoms with van der Waals surface area (Å²) in [7, 11) is -4.38. The Balaban J connectivity index is 4.01. The molecule has 0 aromatic heterocycles. The minimum Gasteiger partial charge on any atom is -0.462 e. The number of rotatable bonds is 47. The van der Waals surface area contributed by atoms with Gasteiger partial charge in [-0.1, -0.05) is 212 Å². The average molecular weight is 844 g/mol. The SMILES string of the molecule is CCCCCCCCCCC/C=C/CCCCC(=O)O[C@H](COC(=O)CCCCCCCCCCCCCCCCCCCCCCCC)COP(=O)(O)OCCN. The second kappa shape index (κ2) is 45.3. The van der Waals surface area contributed by atoms with E-state index < -0.39 is 26.5 Å². The summed E-state index contributed by atoms with van der Waals surface area (Å²) in [5.41, 5.74) is 5.36. The monoisotopic (exact) mass is 844 g/mol. The predicted octanol–water partition coefficient (Wildman–Crippen LogP) is 14.6. The minimum absolute atomic E-state index is 0.0535. The minimum atomic E-state index is -4.38. The summed E-state index contributed by atoms with van der Waals surface area (Å²) in [6, 6.07) is 0. The Labute approximate surface area is 358 Å². The molecule has 0 aliphatic carbocycles. The van der Waals surface area contributed by atoms with Crippen LogP contribution in [-0.2, 0) is 32.7 Å². The first kappa shape index (κ1) is 56.8. The molecule has 10 heteroatoms. The molecule has 0 aromatic carbocycles. The molecule has 0 bridgehead atoms. The van der Waals surface area contributed by atoms with Crippen molar-refractivity contribution in [3.05, 3.63) is 12.2 Å². The van der Waals surface area contributed by atoms with Gasteiger partial charge >= 0.3 is 19.8 Å². The number of phosphoric acid groups is 1. The summed E-state index contributed by atoms with van der Waals surface area (Å²) in [5, 5.41) is 0. The number of ether oxygens (including phenoxy) is 2. The number of hydrogen-bond acceptors (Lipinski definition) is 8. The second-order valence-corrected chi connectivity index (χ2v) is 18.1. The van der Waals surface area contributed by atoms with Crippen LogP contribution in [0.1, 0.15) is 251 Å². The molecule has 0 spiro atoms. The molecule has 9 nitrogen and oxygen atoms in total. The van der Waals surface area contributed by atoms with Gasteiger partial charge in [-0.2, -0.15) is 0 Å². The van der Waals surface area contributed by atoms with Crippen LogP contribution in [-0.4, -0.2) is 49.3 Å². The molecular weight excluding hydrogens is 750 g/mol. The Morgan fingerprint density at radius 1 is 0.500 bits per heavy atom. The highest BCUT2D eigenvalue weighted by atomic mass is 31.2. The van der Waals surface area contributed by atoms with E-state index in [4.69, 9.17) is 24.3 Å². The molecule has 0 heterocycles. The Morgan fingerprint density at radius 2 is 0.845 bits per heavy atom. The van der Waals surface area contributed by atoms with Crippen LogP contribution >= 0.6 is 7.82 Å². The maximum absolute atomic E-state index is 12.6. The summed E-state index contributed by atoms with van der Waals surface area (Å²) < 4.78 is 32.8. The summed E-state index contributed by atoms with van der Waals surface area (Å²) >= 11 is 0. The molecule has 0 saturated heterocycles. The smallest absolute Gasteiger partial charge is 0.462 e. The van der Waals surface area contributed by atoms with E-state index in [-0.39, 0.29) is 38.6 Å². The third-order valence-corrected chi connectivity index (χ3v) is 11.9. The topological polar surface area (TPSA) is 134 Å². The molecular formula is C48H94NO8P. The van der Waals surface area contributed by atoms with Crippen LogP contribution in [0.25, 0.3) is 0 Å². The summed E-state index contributed by atoms with van der Waals surface area (Å²) in [6.45, 7) is 3.76. The van der Waals surface area contributed by atoms with E-state index in [1.807, 2.05) is 0 Å². The number of hydrogen-bond donors (Lipinski definition) is 2. The van der Waals surface area contributed by atoms with Crippen LogP contribution in [0.15, 0.2) is 12.2 Å². The van der Waals surface area contributed by atoms with E-state index in [1.54, 1.807) is 0 Å². The van der Waals surface area contributed by atoms with E-state index in [1.165, 1.54) is 180 Å². The zero-order valence-electron chi connectivity index (χ0n) is 38.1. The van der Waals surface area contributed by atoms with Gasteiger partial charge in [0.2, 0.25) is 0 Å². The van der Waals surface area contributed by atoms with Gasteiger partial charge in [0.05, 0.1) is 13.2 Å². The highest BCUT2D eigenvalue weighted by Gasteiger charge is 2.26. The molecule has 58 heavy (non-hydrogen) atoms. The fourth-order valence-electron chi connectivity index (χ4n) is 7.22. The van der Waals surface area contributed by atoms with E-state index in [9.17, 15) is 19.0 Å². The summed E-state index contributed by atoms with van der Waals surface area (Å²) in [5.74, 6) is -0.839. The zero-order chi connectivity index (χ0) is 42.5. The van der Waals surface area contributed by atoms with Gasteiger partial charge in [-0.05, 0) is 38.5 Å². The Bertz CT molecular complexity index is 964.